The lowest BCUT2D eigenvalue weighted by atomic mass is 10.1. The first-order valence-corrected chi connectivity index (χ1v) is 10.4. The van der Waals surface area contributed by atoms with E-state index >= 15 is 0 Å². The topological polar surface area (TPSA) is 76.6 Å². The number of rotatable bonds is 5. The molecule has 0 saturated heterocycles. The van der Waals surface area contributed by atoms with Crippen molar-refractivity contribution < 1.29 is 4.79 Å². The smallest absolute Gasteiger partial charge is 0.234 e. The zero-order valence-electron chi connectivity index (χ0n) is 16.2. The molecule has 0 aliphatic heterocycles. The van der Waals surface area contributed by atoms with Gasteiger partial charge < -0.3 is 5.32 Å². The van der Waals surface area contributed by atoms with Crippen molar-refractivity contribution in [2.45, 2.75) is 12.1 Å². The summed E-state index contributed by atoms with van der Waals surface area (Å²) in [7, 11) is 0. The van der Waals surface area contributed by atoms with Crippen molar-refractivity contribution >= 4 is 34.5 Å². The number of carbonyl (C=O) groups is 1. The number of hydrogen-bond acceptors (Lipinski definition) is 5. The van der Waals surface area contributed by atoms with Crippen molar-refractivity contribution in [2.24, 2.45) is 0 Å². The lowest BCUT2D eigenvalue weighted by molar-refractivity contribution is -0.113. The third kappa shape index (κ3) is 3.53. The molecule has 3 heterocycles. The van der Waals surface area contributed by atoms with Gasteiger partial charge in [-0.3, -0.25) is 9.20 Å². The third-order valence-electron chi connectivity index (χ3n) is 4.72. The summed E-state index contributed by atoms with van der Waals surface area (Å²) in [4.78, 5) is 12.3. The van der Waals surface area contributed by atoms with E-state index in [1.54, 1.807) is 4.52 Å². The molecule has 30 heavy (non-hydrogen) atoms. The van der Waals surface area contributed by atoms with E-state index in [0.717, 1.165) is 28.0 Å². The molecule has 0 unspecified atom stereocenters. The van der Waals surface area contributed by atoms with Gasteiger partial charge in [0.25, 0.3) is 0 Å². The Balaban J connectivity index is 1.36. The summed E-state index contributed by atoms with van der Waals surface area (Å²) < 4.78 is 3.68. The standard InChI is InChI=1S/C22H18N6OS/c1-15-7-9-17(10-8-15)23-20(29)14-30-22-25-24-21-19-13-18(16-5-3-2-4-6-16)26-28(19)12-11-27(21)22/h2-13H,14H2,1H3,(H,23,29). The Bertz CT molecular complexity index is 1340. The van der Waals surface area contributed by atoms with Crippen molar-refractivity contribution in [1.82, 2.24) is 24.2 Å². The Kier molecular flexibility index (Phi) is 4.68. The SMILES string of the molecule is Cc1ccc(NC(=O)CSc2nnc3c4cc(-c5ccccc5)nn4ccn23)cc1. The van der Waals surface area contributed by atoms with Gasteiger partial charge in [0.1, 0.15) is 5.52 Å². The molecule has 0 bridgehead atoms. The molecule has 0 saturated carbocycles. The highest BCUT2D eigenvalue weighted by atomic mass is 32.2. The molecule has 0 aliphatic rings. The number of nitrogens with one attached hydrogen (secondary N) is 1. The first-order valence-electron chi connectivity index (χ1n) is 9.45. The van der Waals surface area contributed by atoms with Crippen molar-refractivity contribution in [2.75, 3.05) is 11.1 Å². The van der Waals surface area contributed by atoms with Crippen LogP contribution in [0, 0.1) is 6.92 Å². The number of fused-ring (bicyclic) bond motifs is 3. The molecule has 0 aliphatic carbocycles. The number of thioether (sulfide) groups is 1. The number of aromatic nitrogens is 5. The number of carbonyl (C=O) groups excluding carboxylic acids is 1. The van der Waals surface area contributed by atoms with Gasteiger partial charge in [0, 0.05) is 23.6 Å². The van der Waals surface area contributed by atoms with Gasteiger partial charge in [-0.25, -0.2) is 4.52 Å². The summed E-state index contributed by atoms with van der Waals surface area (Å²) in [6.45, 7) is 2.01. The van der Waals surface area contributed by atoms with Gasteiger partial charge >= 0.3 is 0 Å². The summed E-state index contributed by atoms with van der Waals surface area (Å²) in [5.74, 6) is 0.159. The molecular formula is C22H18N6OS. The van der Waals surface area contributed by atoms with Gasteiger partial charge in [-0.1, -0.05) is 59.8 Å². The third-order valence-corrected chi connectivity index (χ3v) is 5.67. The molecule has 0 spiro atoms. The van der Waals surface area contributed by atoms with E-state index < -0.39 is 0 Å². The number of benzene rings is 2. The maximum Gasteiger partial charge on any atom is 0.234 e. The van der Waals surface area contributed by atoms with Crippen molar-refractivity contribution in [3.63, 3.8) is 0 Å². The minimum absolute atomic E-state index is 0.0857. The van der Waals surface area contributed by atoms with Crippen LogP contribution in [0.15, 0.2) is 78.2 Å². The maximum absolute atomic E-state index is 12.3. The van der Waals surface area contributed by atoms with E-state index in [1.807, 2.05) is 84.4 Å². The molecule has 148 valence electrons. The quantitative estimate of drug-likeness (QED) is 0.439. The van der Waals surface area contributed by atoms with E-state index in [0.29, 0.717) is 10.8 Å². The average molecular weight is 414 g/mol. The number of aryl methyl sites for hydroxylation is 1. The number of amides is 1. The van der Waals surface area contributed by atoms with Crippen LogP contribution in [-0.2, 0) is 4.79 Å². The highest BCUT2D eigenvalue weighted by Crippen LogP contribution is 2.24. The van der Waals surface area contributed by atoms with Crippen molar-refractivity contribution in [1.29, 1.82) is 0 Å². The Morgan fingerprint density at radius 2 is 1.83 bits per heavy atom. The van der Waals surface area contributed by atoms with E-state index in [9.17, 15) is 4.79 Å². The van der Waals surface area contributed by atoms with Gasteiger partial charge in [0.05, 0.1) is 11.4 Å². The van der Waals surface area contributed by atoms with Crippen LogP contribution in [0.3, 0.4) is 0 Å². The lowest BCUT2D eigenvalue weighted by Gasteiger charge is -2.05. The van der Waals surface area contributed by atoms with Gasteiger partial charge in [-0.15, -0.1) is 10.2 Å². The molecule has 2 aromatic carbocycles. The Hall–Kier alpha value is -3.65. The van der Waals surface area contributed by atoms with E-state index in [2.05, 4.69) is 20.6 Å². The molecule has 1 N–H and O–H groups in total. The normalized spacial score (nSPS) is 11.2. The second-order valence-corrected chi connectivity index (χ2v) is 7.85. The van der Waals surface area contributed by atoms with Crippen LogP contribution in [-0.4, -0.2) is 35.9 Å². The molecule has 1 amide bonds. The summed E-state index contributed by atoms with van der Waals surface area (Å²) in [5.41, 5.74) is 5.42. The van der Waals surface area contributed by atoms with Crippen molar-refractivity contribution in [3.8, 4) is 11.3 Å². The molecule has 8 heteroatoms. The number of anilines is 1. The summed E-state index contributed by atoms with van der Waals surface area (Å²) in [6, 6.07) is 19.7. The molecule has 5 rings (SSSR count). The summed E-state index contributed by atoms with van der Waals surface area (Å²) in [6.07, 6.45) is 3.74. The number of nitrogens with zero attached hydrogens (tertiary/aromatic N) is 5. The van der Waals surface area contributed by atoms with Gasteiger partial charge in [-0.2, -0.15) is 5.10 Å². The van der Waals surface area contributed by atoms with Crippen LogP contribution in [0.5, 0.6) is 0 Å². The summed E-state index contributed by atoms with van der Waals surface area (Å²) in [5, 5.41) is 16.8. The number of hydrogen-bond donors (Lipinski definition) is 1. The van der Waals surface area contributed by atoms with Crippen LogP contribution in [0.25, 0.3) is 22.4 Å². The van der Waals surface area contributed by atoms with Crippen molar-refractivity contribution in [3.05, 3.63) is 78.6 Å². The first kappa shape index (κ1) is 18.4. The molecule has 0 radical (unpaired) electrons. The van der Waals surface area contributed by atoms with Crippen LogP contribution in [0.4, 0.5) is 5.69 Å². The Morgan fingerprint density at radius 3 is 2.63 bits per heavy atom. The molecule has 7 nitrogen and oxygen atoms in total. The Labute approximate surface area is 176 Å². The van der Waals surface area contributed by atoms with Crippen LogP contribution in [0.1, 0.15) is 5.56 Å². The zero-order chi connectivity index (χ0) is 20.5. The molecule has 3 aromatic heterocycles. The van der Waals surface area contributed by atoms with Gasteiger partial charge in [0.2, 0.25) is 5.91 Å². The fraction of sp³-hybridized carbons (Fsp3) is 0.0909. The maximum atomic E-state index is 12.3. The van der Waals surface area contributed by atoms with Gasteiger partial charge in [-0.05, 0) is 25.1 Å². The van der Waals surface area contributed by atoms with Crippen LogP contribution >= 0.6 is 11.8 Å². The summed E-state index contributed by atoms with van der Waals surface area (Å²) >= 11 is 1.35. The highest BCUT2D eigenvalue weighted by Gasteiger charge is 2.14. The molecule has 0 fully saturated rings. The molecular weight excluding hydrogens is 396 g/mol. The molecule has 5 aromatic rings. The second kappa shape index (κ2) is 7.64. The lowest BCUT2D eigenvalue weighted by Crippen LogP contribution is -2.14. The van der Waals surface area contributed by atoms with Gasteiger partial charge in [0.15, 0.2) is 10.8 Å². The Morgan fingerprint density at radius 1 is 1.03 bits per heavy atom. The monoisotopic (exact) mass is 414 g/mol. The van der Waals surface area contributed by atoms with E-state index in [1.165, 1.54) is 11.8 Å². The second-order valence-electron chi connectivity index (χ2n) is 6.90. The zero-order valence-corrected chi connectivity index (χ0v) is 17.0. The van der Waals surface area contributed by atoms with Crippen LogP contribution < -0.4 is 5.32 Å². The largest absolute Gasteiger partial charge is 0.325 e. The fourth-order valence-electron chi connectivity index (χ4n) is 3.20. The van der Waals surface area contributed by atoms with E-state index in [4.69, 9.17) is 0 Å². The fourth-order valence-corrected chi connectivity index (χ4v) is 3.92. The predicted octanol–water partition coefficient (Wildman–Crippen LogP) is 4.08. The highest BCUT2D eigenvalue weighted by molar-refractivity contribution is 7.99. The molecule has 0 atom stereocenters. The minimum atomic E-state index is -0.0857. The minimum Gasteiger partial charge on any atom is -0.325 e. The predicted molar refractivity (Wildman–Crippen MR) is 118 cm³/mol. The van der Waals surface area contributed by atoms with E-state index in [-0.39, 0.29) is 11.7 Å². The average Bonchev–Trinajstić information content (AvgIpc) is 3.38. The first-order chi connectivity index (χ1) is 14.7. The van der Waals surface area contributed by atoms with Crippen LogP contribution in [0.2, 0.25) is 0 Å².